The van der Waals surface area contributed by atoms with Gasteiger partial charge in [0, 0.05) is 25.6 Å². The van der Waals surface area contributed by atoms with Gasteiger partial charge >= 0.3 is 0 Å². The predicted octanol–water partition coefficient (Wildman–Crippen LogP) is 0.282. The van der Waals surface area contributed by atoms with Crippen LogP contribution in [-0.4, -0.2) is 97.1 Å². The maximum Gasteiger partial charge on any atom is 0.249 e. The molecule has 2 saturated heterocycles. The van der Waals surface area contributed by atoms with Crippen molar-refractivity contribution in [1.82, 2.24) is 24.8 Å². The maximum atomic E-state index is 11.6. The Labute approximate surface area is 253 Å². The molecule has 6 rings (SSSR count). The summed E-state index contributed by atoms with van der Waals surface area (Å²) in [4.78, 5) is 25.7. The quantitative estimate of drug-likeness (QED) is 0.123. The van der Waals surface area contributed by atoms with Crippen LogP contribution in [0.15, 0.2) is 67.0 Å². The van der Waals surface area contributed by atoms with Crippen LogP contribution in [0.1, 0.15) is 30.2 Å². The molecule has 2 aromatic carbocycles. The third-order valence-electron chi connectivity index (χ3n) is 8.02. The lowest BCUT2D eigenvalue weighted by atomic mass is 9.91. The van der Waals surface area contributed by atoms with E-state index in [0.29, 0.717) is 36.6 Å². The van der Waals surface area contributed by atoms with Crippen molar-refractivity contribution >= 4 is 28.8 Å². The zero-order chi connectivity index (χ0) is 30.8. The lowest BCUT2D eigenvalue weighted by Crippen LogP contribution is -2.40. The zero-order valence-corrected chi connectivity index (χ0v) is 24.0. The van der Waals surface area contributed by atoms with Crippen LogP contribution in [0.25, 0.3) is 11.2 Å². The third-order valence-corrected chi connectivity index (χ3v) is 8.02. The second-order valence-electron chi connectivity index (χ2n) is 11.0. The van der Waals surface area contributed by atoms with Gasteiger partial charge in [0.1, 0.15) is 18.4 Å². The molecule has 0 radical (unpaired) electrons. The molecule has 4 heterocycles. The summed E-state index contributed by atoms with van der Waals surface area (Å²) < 4.78 is 12.9. The number of anilines is 2. The number of amides is 1. The number of hydrogen-bond donors (Lipinski definition) is 7. The number of imidazole rings is 1. The van der Waals surface area contributed by atoms with Crippen LogP contribution in [0.3, 0.4) is 0 Å². The number of aliphatic hydroxyl groups is 3. The molecule has 2 aliphatic heterocycles. The van der Waals surface area contributed by atoms with Gasteiger partial charge in [-0.05, 0) is 18.1 Å². The van der Waals surface area contributed by atoms with Crippen molar-refractivity contribution in [1.29, 1.82) is 0 Å². The van der Waals surface area contributed by atoms with E-state index in [9.17, 15) is 20.1 Å². The van der Waals surface area contributed by atoms with Crippen LogP contribution in [-0.2, 0) is 14.3 Å². The van der Waals surface area contributed by atoms with Crippen LogP contribution in [0.2, 0.25) is 0 Å². The highest BCUT2D eigenvalue weighted by Gasteiger charge is 2.47. The normalized spacial score (nSPS) is 25.8. The van der Waals surface area contributed by atoms with Gasteiger partial charge < -0.3 is 46.5 Å². The van der Waals surface area contributed by atoms with Crippen molar-refractivity contribution in [3.63, 3.8) is 0 Å². The second-order valence-corrected chi connectivity index (χ2v) is 11.0. The number of nitrogens with zero attached hydrogens (tertiary/aromatic N) is 4. The maximum absolute atomic E-state index is 11.6. The smallest absolute Gasteiger partial charge is 0.249 e. The van der Waals surface area contributed by atoms with Gasteiger partial charge in [0.05, 0.1) is 18.5 Å². The largest absolute Gasteiger partial charge is 0.390 e. The van der Waals surface area contributed by atoms with Crippen molar-refractivity contribution in [2.75, 3.05) is 30.3 Å². The Kier molecular flexibility index (Phi) is 8.70. The molecule has 0 spiro atoms. The average Bonchev–Trinajstić information content (AvgIpc) is 3.72. The van der Waals surface area contributed by atoms with E-state index in [0.717, 1.165) is 11.1 Å². The Morgan fingerprint density at radius 3 is 2.34 bits per heavy atom. The molecule has 0 bridgehead atoms. The molecule has 4 aromatic rings. The van der Waals surface area contributed by atoms with Crippen molar-refractivity contribution in [3.05, 3.63) is 78.1 Å². The summed E-state index contributed by atoms with van der Waals surface area (Å²) in [6, 6.07) is 20.0. The molecule has 14 heteroatoms. The van der Waals surface area contributed by atoms with E-state index >= 15 is 0 Å². The van der Waals surface area contributed by atoms with E-state index in [1.807, 2.05) is 36.4 Å². The highest BCUT2D eigenvalue weighted by atomic mass is 16.7. The summed E-state index contributed by atoms with van der Waals surface area (Å²) in [5.74, 6) is -0.147. The number of nitrogens with two attached hydrogens (primary N) is 1. The molecule has 2 aromatic heterocycles. The van der Waals surface area contributed by atoms with Gasteiger partial charge in [0.2, 0.25) is 11.9 Å². The minimum Gasteiger partial charge on any atom is -0.390 e. The molecule has 14 nitrogen and oxygen atoms in total. The van der Waals surface area contributed by atoms with Crippen LogP contribution in [0.5, 0.6) is 0 Å². The van der Waals surface area contributed by atoms with Gasteiger partial charge in [-0.1, -0.05) is 60.7 Å². The van der Waals surface area contributed by atoms with Crippen LogP contribution < -0.4 is 21.7 Å². The van der Waals surface area contributed by atoms with E-state index in [-0.39, 0.29) is 17.9 Å². The van der Waals surface area contributed by atoms with E-state index in [4.69, 9.17) is 25.2 Å². The van der Waals surface area contributed by atoms with E-state index in [1.54, 1.807) is 11.5 Å². The first kappa shape index (κ1) is 29.9. The number of primary amides is 1. The Balaban J connectivity index is 1.31. The number of fused-ring (bicyclic) bond motifs is 1. The topological polar surface area (TPSA) is 202 Å². The van der Waals surface area contributed by atoms with Gasteiger partial charge in [-0.25, -0.2) is 4.98 Å². The van der Waals surface area contributed by atoms with Crippen molar-refractivity contribution < 1.29 is 29.6 Å². The lowest BCUT2D eigenvalue weighted by Gasteiger charge is -2.22. The summed E-state index contributed by atoms with van der Waals surface area (Å²) in [6.45, 7) is 3.18. The Bertz CT molecular complexity index is 1530. The highest BCUT2D eigenvalue weighted by molar-refractivity contribution is 5.84. The fraction of sp³-hybridized carbons (Fsp3) is 0.400. The molecule has 7 atom stereocenters. The van der Waals surface area contributed by atoms with Gasteiger partial charge in [0.25, 0.3) is 0 Å². The molecule has 0 aliphatic carbocycles. The Morgan fingerprint density at radius 1 is 1.07 bits per heavy atom. The van der Waals surface area contributed by atoms with Crippen LogP contribution in [0.4, 0.5) is 11.8 Å². The van der Waals surface area contributed by atoms with Gasteiger partial charge in [-0.3, -0.25) is 9.36 Å². The number of ether oxygens (including phenoxy) is 2. The number of nitrogens with one attached hydrogen (secondary N) is 3. The minimum absolute atomic E-state index is 0.00894. The lowest BCUT2D eigenvalue weighted by molar-refractivity contribution is -0.203. The van der Waals surface area contributed by atoms with Crippen molar-refractivity contribution in [3.8, 4) is 0 Å². The zero-order valence-electron chi connectivity index (χ0n) is 24.0. The molecular weight excluding hydrogens is 568 g/mol. The summed E-state index contributed by atoms with van der Waals surface area (Å²) in [5.41, 5.74) is 8.44. The van der Waals surface area contributed by atoms with Gasteiger partial charge in [-0.2, -0.15) is 9.97 Å². The number of aromatic nitrogens is 4. The van der Waals surface area contributed by atoms with E-state index in [1.165, 1.54) is 6.33 Å². The molecular formula is C30H36N8O6. The van der Waals surface area contributed by atoms with Gasteiger partial charge in [-0.15, -0.1) is 0 Å². The van der Waals surface area contributed by atoms with Crippen LogP contribution >= 0.6 is 0 Å². The number of rotatable bonds is 11. The number of aliphatic hydroxyl groups excluding tert-OH is 3. The molecule has 44 heavy (non-hydrogen) atoms. The Hall–Kier alpha value is -4.18. The predicted molar refractivity (Wildman–Crippen MR) is 160 cm³/mol. The fourth-order valence-corrected chi connectivity index (χ4v) is 5.60. The summed E-state index contributed by atoms with van der Waals surface area (Å²) in [6.07, 6.45) is -5.61. The number of β-amino-alcohol motifs (C(OH)–C–C–N with tert-alkyl or cyclic N) is 1. The standard InChI is InChI=1S/C30H36N8O6/c1-16(43-29-24(41)23(40)25(44-29)26(31)42)38-15-34-22-27(36-30(37-28(22)38)35-20-13-32-14-21(20)39)33-12-19(17-8-4-2-5-9-17)18-10-6-3-7-11-18/h2-11,15-16,19-21,23-25,29,32,39-41H,12-14H2,1H3,(H2,31,42)(H2,33,35,36,37)/t16?,20?,21?,23-,24+,25-,29+/m0/s1. The molecule has 8 N–H and O–H groups in total. The first-order valence-electron chi connectivity index (χ1n) is 14.5. The molecule has 0 saturated carbocycles. The Morgan fingerprint density at radius 2 is 1.75 bits per heavy atom. The van der Waals surface area contributed by atoms with Crippen molar-refractivity contribution in [2.45, 2.75) is 55.8 Å². The number of carbonyl (C=O) groups excluding carboxylic acids is 1. The minimum atomic E-state index is -1.52. The summed E-state index contributed by atoms with van der Waals surface area (Å²) in [5, 5.41) is 40.8. The number of carbonyl (C=O) groups is 1. The monoisotopic (exact) mass is 604 g/mol. The average molecular weight is 605 g/mol. The third kappa shape index (κ3) is 6.08. The van der Waals surface area contributed by atoms with E-state index in [2.05, 4.69) is 45.2 Å². The molecule has 2 aliphatic rings. The van der Waals surface area contributed by atoms with Crippen LogP contribution in [0, 0.1) is 0 Å². The van der Waals surface area contributed by atoms with E-state index < -0.39 is 42.8 Å². The first-order chi connectivity index (χ1) is 21.3. The molecule has 3 unspecified atom stereocenters. The SMILES string of the molecule is CC(O[C@@H]1O[C@H](C(N)=O)[C@@H](O)[C@H]1O)n1cnc2c(NCC(c3ccccc3)c3ccccc3)nc(NC3CNCC3O)nc21. The molecule has 1 amide bonds. The molecule has 2 fully saturated rings. The van der Waals surface area contributed by atoms with Gasteiger partial charge in [0.15, 0.2) is 29.4 Å². The summed E-state index contributed by atoms with van der Waals surface area (Å²) in [7, 11) is 0. The summed E-state index contributed by atoms with van der Waals surface area (Å²) >= 11 is 0. The number of hydrogen-bond acceptors (Lipinski definition) is 12. The fourth-order valence-electron chi connectivity index (χ4n) is 5.60. The molecule has 232 valence electrons. The highest BCUT2D eigenvalue weighted by Crippen LogP contribution is 2.30. The number of benzene rings is 2. The van der Waals surface area contributed by atoms with Crippen molar-refractivity contribution in [2.24, 2.45) is 5.73 Å². The first-order valence-corrected chi connectivity index (χ1v) is 14.5. The second kappa shape index (κ2) is 12.8.